The molecule has 8 nitrogen and oxygen atoms in total. The van der Waals surface area contributed by atoms with Crippen LogP contribution in [-0.2, 0) is 20.8 Å². The smallest absolute Gasteiger partial charge is 0.340 e. The maximum atomic E-state index is 12.3. The highest BCUT2D eigenvalue weighted by atomic mass is 32.2. The number of aryl methyl sites for hydroxylation is 1. The van der Waals surface area contributed by atoms with Crippen LogP contribution in [0.4, 0.5) is 0 Å². The average Bonchev–Trinajstić information content (AvgIpc) is 2.72. The number of nitrogens with zero attached hydrogens (tertiary/aromatic N) is 2. The Morgan fingerprint density at radius 1 is 1.42 bits per heavy atom. The molecule has 0 bridgehead atoms. The molecule has 1 aromatic heterocycles. The van der Waals surface area contributed by atoms with Gasteiger partial charge in [-0.1, -0.05) is 0 Å². The van der Waals surface area contributed by atoms with Gasteiger partial charge in [-0.25, -0.2) is 13.2 Å². The molecule has 2 N–H and O–H groups in total. The van der Waals surface area contributed by atoms with Gasteiger partial charge in [-0.2, -0.15) is 9.40 Å². The van der Waals surface area contributed by atoms with E-state index in [0.29, 0.717) is 0 Å². The van der Waals surface area contributed by atoms with Gasteiger partial charge in [-0.15, -0.1) is 0 Å². The van der Waals surface area contributed by atoms with Gasteiger partial charge in [0.25, 0.3) is 10.0 Å². The molecule has 1 fully saturated rings. The lowest BCUT2D eigenvalue weighted by molar-refractivity contribution is 0.0691. The number of aromatic nitrogens is 2. The fraction of sp³-hybridized carbons (Fsp3) is 0.556. The minimum atomic E-state index is -3.96. The molecule has 0 amide bonds. The predicted molar refractivity (Wildman–Crippen MR) is 66.9 cm³/mol. The van der Waals surface area contributed by atoms with Crippen LogP contribution in [0.15, 0.2) is 5.03 Å². The predicted octanol–water partition coefficient (Wildman–Crippen LogP) is -0.831. The van der Waals surface area contributed by atoms with E-state index in [2.05, 4.69) is 10.2 Å². The molecule has 2 heterocycles. The van der Waals surface area contributed by atoms with Gasteiger partial charge in [0, 0.05) is 41.1 Å². The van der Waals surface area contributed by atoms with Crippen LogP contribution in [0.1, 0.15) is 16.1 Å². The van der Waals surface area contributed by atoms with Crippen LogP contribution >= 0.6 is 0 Å². The summed E-state index contributed by atoms with van der Waals surface area (Å²) < 4.78 is 37.0. The Bertz CT molecular complexity index is 626. The Hall–Kier alpha value is -1.26. The van der Waals surface area contributed by atoms with Crippen molar-refractivity contribution in [2.75, 3.05) is 24.6 Å². The number of sulfonamides is 1. The highest BCUT2D eigenvalue weighted by molar-refractivity contribution is 7.89. The number of carboxylic acids is 1. The first-order valence-corrected chi connectivity index (χ1v) is 8.40. The maximum absolute atomic E-state index is 12.3. The van der Waals surface area contributed by atoms with Crippen LogP contribution in [0, 0.1) is 6.92 Å². The van der Waals surface area contributed by atoms with E-state index in [9.17, 15) is 17.4 Å². The SMILES string of the molecule is Cc1[nH]nc(S(=O)(=O)N2CCS(=O)CC2)c1C(=O)O. The number of carbonyl (C=O) groups is 1. The molecule has 0 radical (unpaired) electrons. The molecule has 106 valence electrons. The van der Waals surface area contributed by atoms with Crippen LogP contribution < -0.4 is 0 Å². The summed E-state index contributed by atoms with van der Waals surface area (Å²) in [4.78, 5) is 11.1. The molecule has 1 aliphatic rings. The fourth-order valence-electron chi connectivity index (χ4n) is 1.83. The molecule has 0 atom stereocenters. The molecule has 10 heteroatoms. The van der Waals surface area contributed by atoms with Gasteiger partial charge in [-0.05, 0) is 6.92 Å². The van der Waals surface area contributed by atoms with E-state index in [1.54, 1.807) is 0 Å². The second-order valence-electron chi connectivity index (χ2n) is 4.09. The van der Waals surface area contributed by atoms with E-state index >= 15 is 0 Å². The van der Waals surface area contributed by atoms with Crippen molar-refractivity contribution in [3.63, 3.8) is 0 Å². The summed E-state index contributed by atoms with van der Waals surface area (Å²) in [6, 6.07) is 0. The van der Waals surface area contributed by atoms with Crippen molar-refractivity contribution in [1.82, 2.24) is 14.5 Å². The van der Waals surface area contributed by atoms with Gasteiger partial charge >= 0.3 is 5.97 Å². The van der Waals surface area contributed by atoms with E-state index in [4.69, 9.17) is 5.11 Å². The number of carboxylic acid groups (broad SMARTS) is 1. The lowest BCUT2D eigenvalue weighted by Gasteiger charge is -2.24. The van der Waals surface area contributed by atoms with Crippen molar-refractivity contribution >= 4 is 26.8 Å². The Morgan fingerprint density at radius 2 is 2.00 bits per heavy atom. The molecule has 0 aromatic carbocycles. The van der Waals surface area contributed by atoms with Crippen LogP contribution in [0.3, 0.4) is 0 Å². The lowest BCUT2D eigenvalue weighted by Crippen LogP contribution is -2.42. The Kier molecular flexibility index (Phi) is 3.74. The van der Waals surface area contributed by atoms with E-state index in [-0.39, 0.29) is 35.9 Å². The lowest BCUT2D eigenvalue weighted by atomic mass is 10.3. The van der Waals surface area contributed by atoms with Gasteiger partial charge < -0.3 is 5.11 Å². The molecule has 0 aliphatic carbocycles. The van der Waals surface area contributed by atoms with Crippen LogP contribution in [0.2, 0.25) is 0 Å². The number of nitrogens with one attached hydrogen (secondary N) is 1. The zero-order valence-electron chi connectivity index (χ0n) is 10.1. The number of rotatable bonds is 3. The molecule has 1 aliphatic heterocycles. The Balaban J connectivity index is 2.40. The third-order valence-corrected chi connectivity index (χ3v) is 5.95. The van der Waals surface area contributed by atoms with Crippen molar-refractivity contribution in [2.45, 2.75) is 11.9 Å². The first-order valence-electron chi connectivity index (χ1n) is 5.47. The van der Waals surface area contributed by atoms with Gasteiger partial charge in [0.1, 0.15) is 5.56 Å². The molecular formula is C9H13N3O5S2. The third-order valence-electron chi connectivity index (χ3n) is 2.85. The number of H-pyrrole nitrogens is 1. The van der Waals surface area contributed by atoms with E-state index in [1.807, 2.05) is 0 Å². The van der Waals surface area contributed by atoms with Gasteiger partial charge in [0.2, 0.25) is 5.03 Å². The monoisotopic (exact) mass is 307 g/mol. The normalized spacial score (nSPS) is 18.6. The summed E-state index contributed by atoms with van der Waals surface area (Å²) in [5.74, 6) is -0.832. The minimum Gasteiger partial charge on any atom is -0.478 e. The zero-order valence-corrected chi connectivity index (χ0v) is 11.8. The number of hydrogen-bond acceptors (Lipinski definition) is 5. The topological polar surface area (TPSA) is 120 Å². The number of aromatic carboxylic acids is 1. The van der Waals surface area contributed by atoms with Crippen LogP contribution in [0.5, 0.6) is 0 Å². The first kappa shape index (κ1) is 14.2. The molecule has 0 spiro atoms. The quantitative estimate of drug-likeness (QED) is 0.752. The van der Waals surface area contributed by atoms with E-state index in [0.717, 1.165) is 4.31 Å². The summed E-state index contributed by atoms with van der Waals surface area (Å²) in [6.45, 7) is 1.67. The highest BCUT2D eigenvalue weighted by Crippen LogP contribution is 2.21. The second-order valence-corrected chi connectivity index (χ2v) is 7.64. The maximum Gasteiger partial charge on any atom is 0.340 e. The van der Waals surface area contributed by atoms with Crippen molar-refractivity contribution in [2.24, 2.45) is 0 Å². The average molecular weight is 307 g/mol. The summed E-state index contributed by atoms with van der Waals surface area (Å²) >= 11 is 0. The van der Waals surface area contributed by atoms with Crippen molar-refractivity contribution in [1.29, 1.82) is 0 Å². The minimum absolute atomic E-state index is 0.111. The molecular weight excluding hydrogens is 294 g/mol. The van der Waals surface area contributed by atoms with Crippen LogP contribution in [0.25, 0.3) is 0 Å². The third kappa shape index (κ3) is 2.55. The molecule has 0 unspecified atom stereocenters. The molecule has 19 heavy (non-hydrogen) atoms. The summed E-state index contributed by atoms with van der Waals surface area (Å²) in [7, 11) is -4.98. The largest absolute Gasteiger partial charge is 0.478 e. The van der Waals surface area contributed by atoms with E-state index < -0.39 is 31.8 Å². The zero-order chi connectivity index (χ0) is 14.2. The molecule has 0 saturated carbocycles. The standard InChI is InChI=1S/C9H13N3O5S2/c1-6-7(9(13)14)8(11-10-6)19(16,17)12-2-4-18(15)5-3-12/h2-5H2,1H3,(H,10,11)(H,13,14). The Morgan fingerprint density at radius 3 is 2.53 bits per heavy atom. The first-order chi connectivity index (χ1) is 8.84. The fourth-order valence-corrected chi connectivity index (χ4v) is 4.68. The van der Waals surface area contributed by atoms with Gasteiger partial charge in [-0.3, -0.25) is 9.31 Å². The van der Waals surface area contributed by atoms with Gasteiger partial charge in [0.15, 0.2) is 0 Å². The molecule has 2 rings (SSSR count). The molecule has 1 saturated heterocycles. The van der Waals surface area contributed by atoms with E-state index in [1.165, 1.54) is 6.92 Å². The Labute approximate surface area is 112 Å². The van der Waals surface area contributed by atoms with Crippen molar-refractivity contribution in [3.8, 4) is 0 Å². The van der Waals surface area contributed by atoms with Crippen molar-refractivity contribution < 1.29 is 22.5 Å². The molecule has 1 aromatic rings. The van der Waals surface area contributed by atoms with Crippen molar-refractivity contribution in [3.05, 3.63) is 11.3 Å². The number of hydrogen-bond donors (Lipinski definition) is 2. The second kappa shape index (κ2) is 5.02. The van der Waals surface area contributed by atoms with Gasteiger partial charge in [0.05, 0.1) is 0 Å². The summed E-state index contributed by atoms with van der Waals surface area (Å²) in [5.41, 5.74) is -0.154. The van der Waals surface area contributed by atoms with Crippen LogP contribution in [-0.4, -0.2) is 62.8 Å². The number of aromatic amines is 1. The summed E-state index contributed by atoms with van der Waals surface area (Å²) in [6.07, 6.45) is 0. The highest BCUT2D eigenvalue weighted by Gasteiger charge is 2.34. The summed E-state index contributed by atoms with van der Waals surface area (Å²) in [5, 5.41) is 14.5.